The number of carbonyl (C=O) groups excluding carboxylic acids is 1. The molecule has 0 aliphatic heterocycles. The minimum atomic E-state index is -4.51. The highest BCUT2D eigenvalue weighted by Crippen LogP contribution is 2.43. The standard InChI is InChI=1S/C49H99O9P/c1-3-5-7-9-11-13-15-17-19-21-22-23-24-25-27-29-31-33-35-37-39-41-49(52)58-48(46-57-59(53,54)56-44-47(51)43-50)45-55-42-40-38-36-34-32-30-28-26-20-18-16-14-12-10-8-6-4-2/h47-48,50-51H,3-46H2,1-2H3,(H,53,54). The van der Waals surface area contributed by atoms with Crippen molar-refractivity contribution in [1.29, 1.82) is 0 Å². The summed E-state index contributed by atoms with van der Waals surface area (Å²) >= 11 is 0. The second-order valence-corrected chi connectivity index (χ2v) is 19.0. The van der Waals surface area contributed by atoms with E-state index >= 15 is 0 Å². The summed E-state index contributed by atoms with van der Waals surface area (Å²) in [6.07, 6.45) is 47.8. The first-order valence-corrected chi connectivity index (χ1v) is 27.0. The Hall–Kier alpha value is -0.540. The number of phosphoric ester groups is 1. The molecule has 0 aromatic carbocycles. The Morgan fingerprint density at radius 1 is 0.458 bits per heavy atom. The summed E-state index contributed by atoms with van der Waals surface area (Å²) in [5, 5.41) is 18.4. The van der Waals surface area contributed by atoms with Crippen LogP contribution in [0.1, 0.15) is 264 Å². The Labute approximate surface area is 365 Å². The maximum Gasteiger partial charge on any atom is 0.472 e. The zero-order valence-electron chi connectivity index (χ0n) is 39.0. The van der Waals surface area contributed by atoms with Gasteiger partial charge in [0.25, 0.3) is 0 Å². The van der Waals surface area contributed by atoms with Gasteiger partial charge in [-0.2, -0.15) is 0 Å². The van der Waals surface area contributed by atoms with E-state index in [1.54, 1.807) is 0 Å². The number of hydrogen-bond donors (Lipinski definition) is 3. The average molecular weight is 863 g/mol. The van der Waals surface area contributed by atoms with Crippen LogP contribution in [0.4, 0.5) is 0 Å². The number of ether oxygens (including phenoxy) is 2. The normalized spacial score (nSPS) is 13.8. The molecule has 10 heteroatoms. The molecule has 0 aliphatic carbocycles. The summed E-state index contributed by atoms with van der Waals surface area (Å²) in [5.74, 6) is -0.373. The molecule has 0 fully saturated rings. The summed E-state index contributed by atoms with van der Waals surface area (Å²) in [6, 6.07) is 0. The smallest absolute Gasteiger partial charge is 0.457 e. The Morgan fingerprint density at radius 2 is 0.763 bits per heavy atom. The fraction of sp³-hybridized carbons (Fsp3) is 0.980. The van der Waals surface area contributed by atoms with Crippen molar-refractivity contribution in [3.05, 3.63) is 0 Å². The zero-order valence-corrected chi connectivity index (χ0v) is 39.9. The molecule has 0 heterocycles. The number of aliphatic hydroxyl groups excluding tert-OH is 2. The molecule has 0 saturated carbocycles. The number of unbranched alkanes of at least 4 members (excludes halogenated alkanes) is 36. The van der Waals surface area contributed by atoms with Crippen molar-refractivity contribution in [2.24, 2.45) is 0 Å². The van der Waals surface area contributed by atoms with Gasteiger partial charge in [0.1, 0.15) is 12.2 Å². The van der Waals surface area contributed by atoms with Gasteiger partial charge in [-0.05, 0) is 12.8 Å². The number of carbonyl (C=O) groups is 1. The predicted octanol–water partition coefficient (Wildman–Crippen LogP) is 14.7. The van der Waals surface area contributed by atoms with Crippen molar-refractivity contribution < 1.29 is 43.0 Å². The molecule has 0 rings (SSSR count). The van der Waals surface area contributed by atoms with E-state index in [4.69, 9.17) is 23.6 Å². The maximum absolute atomic E-state index is 12.7. The number of hydrogen-bond acceptors (Lipinski definition) is 8. The summed E-state index contributed by atoms with van der Waals surface area (Å²) in [7, 11) is -4.51. The molecule has 0 radical (unpaired) electrons. The third-order valence-corrected chi connectivity index (χ3v) is 12.5. The first-order chi connectivity index (χ1) is 28.8. The van der Waals surface area contributed by atoms with E-state index in [0.29, 0.717) is 6.61 Å². The second-order valence-electron chi connectivity index (χ2n) is 17.6. The van der Waals surface area contributed by atoms with Gasteiger partial charge in [-0.1, -0.05) is 245 Å². The fourth-order valence-electron chi connectivity index (χ4n) is 7.65. The molecule has 0 spiro atoms. The first-order valence-electron chi connectivity index (χ1n) is 25.5. The summed E-state index contributed by atoms with van der Waals surface area (Å²) in [5.41, 5.74) is 0. The molecule has 3 N–H and O–H groups in total. The van der Waals surface area contributed by atoms with Gasteiger partial charge in [0.15, 0.2) is 0 Å². The third kappa shape index (κ3) is 46.8. The number of aliphatic hydroxyl groups is 2. The van der Waals surface area contributed by atoms with E-state index in [0.717, 1.165) is 32.1 Å². The number of rotatable bonds is 50. The molecular formula is C49H99O9P. The zero-order chi connectivity index (χ0) is 43.2. The largest absolute Gasteiger partial charge is 0.472 e. The lowest BCUT2D eigenvalue weighted by atomic mass is 10.0. The monoisotopic (exact) mass is 863 g/mol. The van der Waals surface area contributed by atoms with E-state index in [-0.39, 0.29) is 25.6 Å². The van der Waals surface area contributed by atoms with Crippen molar-refractivity contribution in [2.75, 3.05) is 33.0 Å². The lowest BCUT2D eigenvalue weighted by Gasteiger charge is -2.20. The van der Waals surface area contributed by atoms with E-state index in [9.17, 15) is 19.4 Å². The second kappa shape index (κ2) is 47.0. The van der Waals surface area contributed by atoms with Crippen LogP contribution in [0.2, 0.25) is 0 Å². The molecule has 59 heavy (non-hydrogen) atoms. The van der Waals surface area contributed by atoms with Crippen LogP contribution in [0.5, 0.6) is 0 Å². The van der Waals surface area contributed by atoms with Crippen LogP contribution in [-0.4, -0.2) is 66.3 Å². The van der Waals surface area contributed by atoms with Gasteiger partial charge in [0.2, 0.25) is 0 Å². The van der Waals surface area contributed by atoms with Crippen LogP contribution in [0.3, 0.4) is 0 Å². The van der Waals surface area contributed by atoms with Crippen molar-refractivity contribution in [3.8, 4) is 0 Å². The molecule has 0 amide bonds. The van der Waals surface area contributed by atoms with E-state index in [2.05, 4.69) is 13.8 Å². The molecule has 9 nitrogen and oxygen atoms in total. The van der Waals surface area contributed by atoms with Crippen molar-refractivity contribution in [2.45, 2.75) is 276 Å². The van der Waals surface area contributed by atoms with Crippen LogP contribution in [0, 0.1) is 0 Å². The lowest BCUT2D eigenvalue weighted by Crippen LogP contribution is -2.29. The maximum atomic E-state index is 12.7. The van der Waals surface area contributed by atoms with Gasteiger partial charge in [-0.25, -0.2) is 4.57 Å². The SMILES string of the molecule is CCCCCCCCCCCCCCCCCCCCCCCC(=O)OC(COCCCCCCCCCCCCCCCCCCC)COP(=O)(O)OCC(O)CO. The minimum Gasteiger partial charge on any atom is -0.457 e. The highest BCUT2D eigenvalue weighted by Gasteiger charge is 2.26. The molecule has 0 aromatic rings. The average Bonchev–Trinajstić information content (AvgIpc) is 3.23. The minimum absolute atomic E-state index is 0.0587. The van der Waals surface area contributed by atoms with Crippen LogP contribution in [0.25, 0.3) is 0 Å². The summed E-state index contributed by atoms with van der Waals surface area (Å²) < 4.78 is 33.5. The number of esters is 1. The van der Waals surface area contributed by atoms with Crippen LogP contribution < -0.4 is 0 Å². The molecule has 0 bridgehead atoms. The van der Waals surface area contributed by atoms with Gasteiger partial charge in [0.05, 0.1) is 26.4 Å². The van der Waals surface area contributed by atoms with E-state index < -0.39 is 33.2 Å². The van der Waals surface area contributed by atoms with Gasteiger partial charge in [-0.3, -0.25) is 13.8 Å². The van der Waals surface area contributed by atoms with Gasteiger partial charge in [0, 0.05) is 13.0 Å². The number of phosphoric acid groups is 1. The molecular weight excluding hydrogens is 764 g/mol. The van der Waals surface area contributed by atoms with Crippen molar-refractivity contribution in [1.82, 2.24) is 0 Å². The molecule has 3 unspecified atom stereocenters. The fourth-order valence-corrected chi connectivity index (χ4v) is 8.44. The van der Waals surface area contributed by atoms with E-state index in [1.807, 2.05) is 0 Å². The lowest BCUT2D eigenvalue weighted by molar-refractivity contribution is -0.154. The Balaban J connectivity index is 4.01. The van der Waals surface area contributed by atoms with Crippen LogP contribution >= 0.6 is 7.82 Å². The first kappa shape index (κ1) is 58.5. The highest BCUT2D eigenvalue weighted by molar-refractivity contribution is 7.47. The molecule has 354 valence electrons. The van der Waals surface area contributed by atoms with Crippen LogP contribution in [0.15, 0.2) is 0 Å². The van der Waals surface area contributed by atoms with Crippen molar-refractivity contribution in [3.63, 3.8) is 0 Å². The van der Waals surface area contributed by atoms with Crippen molar-refractivity contribution >= 4 is 13.8 Å². The highest BCUT2D eigenvalue weighted by atomic mass is 31.2. The van der Waals surface area contributed by atoms with E-state index in [1.165, 1.54) is 212 Å². The Morgan fingerprint density at radius 3 is 1.10 bits per heavy atom. The van der Waals surface area contributed by atoms with Gasteiger partial charge < -0.3 is 24.6 Å². The summed E-state index contributed by atoms with van der Waals surface area (Å²) in [6.45, 7) is 3.60. The van der Waals surface area contributed by atoms with Gasteiger partial charge >= 0.3 is 13.8 Å². The quantitative estimate of drug-likeness (QED) is 0.0311. The summed E-state index contributed by atoms with van der Waals surface area (Å²) in [4.78, 5) is 22.7. The predicted molar refractivity (Wildman–Crippen MR) is 247 cm³/mol. The Kier molecular flexibility index (Phi) is 46.5. The molecule has 0 aliphatic rings. The van der Waals surface area contributed by atoms with Crippen LogP contribution in [-0.2, 0) is 27.9 Å². The van der Waals surface area contributed by atoms with Gasteiger partial charge in [-0.15, -0.1) is 0 Å². The Bertz CT molecular complexity index is 892. The topological polar surface area (TPSA) is 132 Å². The molecule has 0 saturated heterocycles. The third-order valence-electron chi connectivity index (χ3n) is 11.5. The molecule has 0 aromatic heterocycles. The molecule has 3 atom stereocenters.